The molecule has 3 atom stereocenters. The highest BCUT2D eigenvalue weighted by Gasteiger charge is 2.29. The lowest BCUT2D eigenvalue weighted by atomic mass is 9.94. The van der Waals surface area contributed by atoms with Gasteiger partial charge in [0.05, 0.1) is 12.1 Å². The van der Waals surface area contributed by atoms with Crippen LogP contribution < -0.4 is 5.32 Å². The number of carbonyl (C=O) groups is 2. The number of benzene rings is 1. The van der Waals surface area contributed by atoms with Crippen molar-refractivity contribution in [2.24, 2.45) is 0 Å². The molecular formula is C35H57F2NO4. The highest BCUT2D eigenvalue weighted by Crippen LogP contribution is 2.24. The van der Waals surface area contributed by atoms with E-state index >= 15 is 0 Å². The van der Waals surface area contributed by atoms with Crippen molar-refractivity contribution >= 4 is 11.7 Å². The predicted molar refractivity (Wildman–Crippen MR) is 172 cm³/mol. The number of Topliss-reactive ketones (excluding diaryl/α,β-unsaturated/α-hetero) is 1. The van der Waals surface area contributed by atoms with E-state index in [0.29, 0.717) is 24.0 Å². The van der Waals surface area contributed by atoms with E-state index < -0.39 is 35.8 Å². The highest BCUT2D eigenvalue weighted by molar-refractivity contribution is 6.00. The van der Waals surface area contributed by atoms with Gasteiger partial charge in [-0.1, -0.05) is 87.0 Å². The average molecular weight is 594 g/mol. The number of nitrogens with one attached hydrogen (secondary N) is 1. The summed E-state index contributed by atoms with van der Waals surface area (Å²) in [7, 11) is 0. The van der Waals surface area contributed by atoms with Gasteiger partial charge >= 0.3 is 0 Å². The molecule has 0 bridgehead atoms. The molecule has 0 heterocycles. The molecule has 5 nitrogen and oxygen atoms in total. The minimum atomic E-state index is -1.35. The third-order valence-corrected chi connectivity index (χ3v) is 6.34. The second kappa shape index (κ2) is 24.9. The number of hydrogen-bond acceptors (Lipinski definition) is 4. The molecule has 1 amide bonds. The maximum atomic E-state index is 13.9. The van der Waals surface area contributed by atoms with Gasteiger partial charge in [-0.3, -0.25) is 9.59 Å². The van der Waals surface area contributed by atoms with Crippen LogP contribution in [0.15, 0.2) is 53.7 Å². The smallest absolute Gasteiger partial charge is 0.251 e. The predicted octanol–water partition coefficient (Wildman–Crippen LogP) is 9.27. The quantitative estimate of drug-likeness (QED) is 0.211. The molecule has 1 aromatic carbocycles. The molecule has 1 aliphatic carbocycles. The minimum absolute atomic E-state index is 0.0871. The Balaban J connectivity index is 0. The number of aliphatic hydroxyl groups is 2. The number of hydrogen-bond donors (Lipinski definition) is 3. The van der Waals surface area contributed by atoms with Crippen molar-refractivity contribution in [2.75, 3.05) is 0 Å². The number of rotatable bonds is 12. The van der Waals surface area contributed by atoms with Crippen LogP contribution in [0.5, 0.6) is 0 Å². The van der Waals surface area contributed by atoms with Gasteiger partial charge in [-0.15, -0.1) is 0 Å². The van der Waals surface area contributed by atoms with Gasteiger partial charge in [0.25, 0.3) is 5.91 Å². The van der Waals surface area contributed by atoms with Crippen molar-refractivity contribution in [1.82, 2.24) is 5.32 Å². The molecule has 7 heteroatoms. The molecule has 0 aliphatic heterocycles. The Bertz CT molecular complexity index is 993. The molecule has 3 unspecified atom stereocenters. The maximum absolute atomic E-state index is 13.9. The minimum Gasteiger partial charge on any atom is -0.390 e. The third kappa shape index (κ3) is 18.0. The Morgan fingerprint density at radius 3 is 1.93 bits per heavy atom. The zero-order valence-corrected chi connectivity index (χ0v) is 27.5. The van der Waals surface area contributed by atoms with Crippen molar-refractivity contribution in [2.45, 2.75) is 138 Å². The summed E-state index contributed by atoms with van der Waals surface area (Å²) in [5.41, 5.74) is 1.55. The summed E-state index contributed by atoms with van der Waals surface area (Å²) in [4.78, 5) is 24.7. The first-order valence-corrected chi connectivity index (χ1v) is 15.7. The monoisotopic (exact) mass is 593 g/mol. The average Bonchev–Trinajstić information content (AvgIpc) is 3.14. The summed E-state index contributed by atoms with van der Waals surface area (Å²) >= 11 is 0. The molecule has 0 saturated heterocycles. The molecule has 0 radical (unpaired) electrons. The van der Waals surface area contributed by atoms with Crippen molar-refractivity contribution in [1.29, 1.82) is 0 Å². The fourth-order valence-corrected chi connectivity index (χ4v) is 3.58. The first kappa shape index (κ1) is 41.5. The molecule has 2 rings (SSSR count). The van der Waals surface area contributed by atoms with Crippen LogP contribution in [-0.2, 0) is 0 Å². The zero-order valence-electron chi connectivity index (χ0n) is 27.5. The third-order valence-electron chi connectivity index (χ3n) is 6.34. The highest BCUT2D eigenvalue weighted by atomic mass is 19.1. The van der Waals surface area contributed by atoms with Crippen molar-refractivity contribution in [3.05, 3.63) is 70.3 Å². The second-order valence-electron chi connectivity index (χ2n) is 10.2. The largest absolute Gasteiger partial charge is 0.390 e. The molecule has 0 aromatic heterocycles. The Labute approximate surface area is 254 Å². The molecule has 1 aliphatic rings. The zero-order chi connectivity index (χ0) is 32.7. The molecule has 0 saturated carbocycles. The maximum Gasteiger partial charge on any atom is 0.251 e. The molecule has 3 N–H and O–H groups in total. The van der Waals surface area contributed by atoms with Crippen LogP contribution in [0.4, 0.5) is 8.78 Å². The number of amides is 1. The van der Waals surface area contributed by atoms with Gasteiger partial charge < -0.3 is 15.5 Å². The summed E-state index contributed by atoms with van der Waals surface area (Å²) < 4.78 is 27.8. The van der Waals surface area contributed by atoms with E-state index in [-0.39, 0.29) is 29.8 Å². The van der Waals surface area contributed by atoms with Crippen molar-refractivity contribution in [3.63, 3.8) is 0 Å². The van der Waals surface area contributed by atoms with Gasteiger partial charge in [0.1, 0.15) is 17.8 Å². The Morgan fingerprint density at radius 2 is 1.43 bits per heavy atom. The van der Waals surface area contributed by atoms with Crippen LogP contribution in [0.2, 0.25) is 0 Å². The van der Waals surface area contributed by atoms with E-state index in [1.807, 2.05) is 20.8 Å². The van der Waals surface area contributed by atoms with E-state index in [0.717, 1.165) is 18.6 Å². The molecule has 42 heavy (non-hydrogen) atoms. The summed E-state index contributed by atoms with van der Waals surface area (Å²) in [6.07, 6.45) is 7.78. The SMILES string of the molecule is CC.CCCC.CCCC.CCCCC(O)C(O)C(CC1=CC(F)=CCC(F)=C1)NC(=O)c1cc(C)cc(C(C)=O)c1. The lowest BCUT2D eigenvalue weighted by Crippen LogP contribution is -2.48. The molecule has 240 valence electrons. The van der Waals surface area contributed by atoms with Gasteiger partial charge in [-0.2, -0.15) is 0 Å². The van der Waals surface area contributed by atoms with Crippen molar-refractivity contribution in [3.8, 4) is 0 Å². The Morgan fingerprint density at radius 1 is 0.881 bits per heavy atom. The molecule has 0 spiro atoms. The summed E-state index contributed by atoms with van der Waals surface area (Å²) in [5.74, 6) is -1.90. The van der Waals surface area contributed by atoms with Gasteiger partial charge in [0.2, 0.25) is 0 Å². The van der Waals surface area contributed by atoms with Gasteiger partial charge in [-0.25, -0.2) is 8.78 Å². The van der Waals surface area contributed by atoms with E-state index in [2.05, 4.69) is 33.0 Å². The lowest BCUT2D eigenvalue weighted by molar-refractivity contribution is -0.00799. The van der Waals surface area contributed by atoms with Crippen LogP contribution in [0.25, 0.3) is 0 Å². The van der Waals surface area contributed by atoms with E-state index in [9.17, 15) is 28.6 Å². The van der Waals surface area contributed by atoms with E-state index in [4.69, 9.17) is 0 Å². The number of aliphatic hydroxyl groups excluding tert-OH is 2. The first-order chi connectivity index (χ1) is 19.9. The first-order valence-electron chi connectivity index (χ1n) is 15.7. The van der Waals surface area contributed by atoms with Gasteiger partial charge in [-0.05, 0) is 74.3 Å². The van der Waals surface area contributed by atoms with E-state index in [1.165, 1.54) is 44.7 Å². The Hall–Kier alpha value is -2.64. The normalized spacial score (nSPS) is 14.4. The van der Waals surface area contributed by atoms with Gasteiger partial charge in [0, 0.05) is 17.5 Å². The Kier molecular flexibility index (Phi) is 24.6. The van der Waals surface area contributed by atoms with E-state index in [1.54, 1.807) is 19.1 Å². The van der Waals surface area contributed by atoms with Crippen LogP contribution in [-0.4, -0.2) is 40.2 Å². The molecule has 0 fully saturated rings. The number of ketones is 1. The summed E-state index contributed by atoms with van der Waals surface area (Å²) in [6, 6.07) is 3.72. The summed E-state index contributed by atoms with van der Waals surface area (Å²) in [6.45, 7) is 17.8. The number of halogens is 2. The number of carbonyl (C=O) groups excluding carboxylic acids is 2. The van der Waals surface area contributed by atoms with Crippen LogP contribution in [0, 0.1) is 6.92 Å². The fraction of sp³-hybridized carbons (Fsp3) is 0.600. The molecular weight excluding hydrogens is 536 g/mol. The number of aryl methyl sites for hydroxylation is 1. The lowest BCUT2D eigenvalue weighted by Gasteiger charge is -2.28. The fourth-order valence-electron chi connectivity index (χ4n) is 3.58. The van der Waals surface area contributed by atoms with Crippen LogP contribution in [0.3, 0.4) is 0 Å². The number of allylic oxidation sites excluding steroid dienone is 5. The van der Waals surface area contributed by atoms with Crippen molar-refractivity contribution < 1.29 is 28.6 Å². The summed E-state index contributed by atoms with van der Waals surface area (Å²) in [5, 5.41) is 23.9. The second-order valence-corrected chi connectivity index (χ2v) is 10.2. The van der Waals surface area contributed by atoms with Crippen LogP contribution in [0.1, 0.15) is 139 Å². The van der Waals surface area contributed by atoms with Crippen LogP contribution >= 0.6 is 0 Å². The molecule has 1 aromatic rings. The number of unbranched alkanes of at least 4 members (excludes halogenated alkanes) is 3. The van der Waals surface area contributed by atoms with Gasteiger partial charge in [0.15, 0.2) is 5.78 Å². The standard InChI is InChI=1S/C25H31F2NO4.2C4H10.C2H6/c1-4-5-6-23(30)24(31)22(13-17-11-20(26)7-8-21(27)12-17)28-25(32)19-10-15(2)9-18(14-19)16(3)29;2*1-3-4-2;1-2/h7,9-12,14,22-24,30-31H,4-6,8,13H2,1-3H3,(H,28,32);2*3-4H2,1-2H3;1-2H3. The topological polar surface area (TPSA) is 86.6 Å².